The van der Waals surface area contributed by atoms with Gasteiger partial charge in [-0.05, 0) is 18.6 Å². The summed E-state index contributed by atoms with van der Waals surface area (Å²) in [5, 5.41) is 0. The van der Waals surface area contributed by atoms with Crippen LogP contribution in [0.4, 0.5) is 17.6 Å². The molecule has 0 aliphatic heterocycles. The number of alkyl halides is 3. The van der Waals surface area contributed by atoms with Gasteiger partial charge in [-0.1, -0.05) is 6.07 Å². The summed E-state index contributed by atoms with van der Waals surface area (Å²) < 4.78 is 73.5. The van der Waals surface area contributed by atoms with E-state index in [0.717, 1.165) is 12.1 Å². The first-order chi connectivity index (χ1) is 7.13. The number of halogens is 4. The Kier molecular flexibility index (Phi) is 3.13. The zero-order chi connectivity index (χ0) is 12.6. The maximum absolute atomic E-state index is 12.7. The van der Waals surface area contributed by atoms with Gasteiger partial charge in [0.15, 0.2) is 0 Å². The largest absolute Gasteiger partial charge is 0.534 e. The van der Waals surface area contributed by atoms with Crippen LogP contribution in [-0.4, -0.2) is 13.9 Å². The number of benzene rings is 1. The highest BCUT2D eigenvalue weighted by Crippen LogP contribution is 2.28. The fourth-order valence-corrected chi connectivity index (χ4v) is 1.34. The molecule has 0 unspecified atom stereocenters. The Hall–Kier alpha value is -1.31. The quantitative estimate of drug-likeness (QED) is 0.464. The van der Waals surface area contributed by atoms with E-state index in [1.165, 1.54) is 6.92 Å². The minimum absolute atomic E-state index is 0.0780. The summed E-state index contributed by atoms with van der Waals surface area (Å²) in [5.41, 5.74) is -5.46. The minimum atomic E-state index is -5.76. The fourth-order valence-electron chi connectivity index (χ4n) is 0.829. The molecule has 0 N–H and O–H groups in total. The Morgan fingerprint density at radius 3 is 2.31 bits per heavy atom. The van der Waals surface area contributed by atoms with E-state index in [0.29, 0.717) is 6.07 Å². The third kappa shape index (κ3) is 2.63. The van der Waals surface area contributed by atoms with Crippen LogP contribution in [0.3, 0.4) is 0 Å². The van der Waals surface area contributed by atoms with Gasteiger partial charge in [-0.3, -0.25) is 0 Å². The first kappa shape index (κ1) is 12.8. The van der Waals surface area contributed by atoms with Crippen LogP contribution in [0.1, 0.15) is 5.56 Å². The molecule has 0 aliphatic rings. The van der Waals surface area contributed by atoms with E-state index in [1.807, 2.05) is 0 Å². The summed E-state index contributed by atoms with van der Waals surface area (Å²) in [4.78, 5) is 0. The van der Waals surface area contributed by atoms with Crippen LogP contribution in [0, 0.1) is 12.7 Å². The van der Waals surface area contributed by atoms with Gasteiger partial charge >= 0.3 is 15.6 Å². The summed E-state index contributed by atoms with van der Waals surface area (Å²) in [6.07, 6.45) is 0. The van der Waals surface area contributed by atoms with Crippen molar-refractivity contribution in [2.75, 3.05) is 0 Å². The highest BCUT2D eigenvalue weighted by Gasteiger charge is 2.48. The van der Waals surface area contributed by atoms with Crippen LogP contribution in [0.2, 0.25) is 0 Å². The maximum Gasteiger partial charge on any atom is 0.534 e. The van der Waals surface area contributed by atoms with E-state index in [9.17, 15) is 26.0 Å². The average Bonchev–Trinajstić information content (AvgIpc) is 2.09. The van der Waals surface area contributed by atoms with Crippen LogP contribution in [0.25, 0.3) is 0 Å². The zero-order valence-electron chi connectivity index (χ0n) is 7.88. The molecule has 0 aliphatic carbocycles. The van der Waals surface area contributed by atoms with Gasteiger partial charge in [-0.2, -0.15) is 21.6 Å². The summed E-state index contributed by atoms with van der Waals surface area (Å²) >= 11 is 0. The van der Waals surface area contributed by atoms with Crippen molar-refractivity contribution in [3.8, 4) is 5.75 Å². The Morgan fingerprint density at radius 1 is 1.25 bits per heavy atom. The molecule has 0 aromatic heterocycles. The Labute approximate surface area is 88.8 Å². The summed E-state index contributed by atoms with van der Waals surface area (Å²) in [6.45, 7) is 1.29. The van der Waals surface area contributed by atoms with Gasteiger partial charge in [-0.15, -0.1) is 0 Å². The van der Waals surface area contributed by atoms with Crippen molar-refractivity contribution < 1.29 is 30.2 Å². The Morgan fingerprint density at radius 2 is 1.81 bits per heavy atom. The second kappa shape index (κ2) is 3.93. The van der Waals surface area contributed by atoms with E-state index < -0.39 is 27.2 Å². The van der Waals surface area contributed by atoms with Crippen LogP contribution >= 0.6 is 0 Å². The van der Waals surface area contributed by atoms with Crippen molar-refractivity contribution >= 4 is 10.1 Å². The first-order valence-corrected chi connectivity index (χ1v) is 5.31. The standard InChI is InChI=1S/C8H6F4O3S/c1-5-2-3-6(9)4-7(5)15-16(13,14)8(10,11)12/h2-4H,1H3. The summed E-state index contributed by atoms with van der Waals surface area (Å²) in [6, 6.07) is 2.65. The average molecular weight is 258 g/mol. The molecule has 0 heterocycles. The molecule has 0 saturated heterocycles. The number of rotatable bonds is 2. The highest BCUT2D eigenvalue weighted by atomic mass is 32.2. The van der Waals surface area contributed by atoms with Crippen LogP contribution < -0.4 is 4.18 Å². The minimum Gasteiger partial charge on any atom is -0.376 e. The molecule has 0 atom stereocenters. The lowest BCUT2D eigenvalue weighted by molar-refractivity contribution is -0.0500. The second-order valence-corrected chi connectivity index (χ2v) is 4.43. The zero-order valence-corrected chi connectivity index (χ0v) is 8.69. The summed E-state index contributed by atoms with van der Waals surface area (Å²) in [7, 11) is -5.76. The molecule has 0 bridgehead atoms. The molecule has 16 heavy (non-hydrogen) atoms. The van der Waals surface area contributed by atoms with Gasteiger partial charge < -0.3 is 4.18 Å². The third-order valence-electron chi connectivity index (χ3n) is 1.63. The normalized spacial score (nSPS) is 12.6. The lowest BCUT2D eigenvalue weighted by atomic mass is 10.2. The van der Waals surface area contributed by atoms with Gasteiger partial charge in [0.2, 0.25) is 0 Å². The molecule has 0 fully saturated rings. The van der Waals surface area contributed by atoms with Crippen molar-refractivity contribution in [3.05, 3.63) is 29.6 Å². The molecular formula is C8H6F4O3S. The van der Waals surface area contributed by atoms with Gasteiger partial charge in [0.25, 0.3) is 0 Å². The van der Waals surface area contributed by atoms with E-state index in [4.69, 9.17) is 0 Å². The first-order valence-electron chi connectivity index (χ1n) is 3.90. The van der Waals surface area contributed by atoms with Crippen LogP contribution in [0.15, 0.2) is 18.2 Å². The van der Waals surface area contributed by atoms with Gasteiger partial charge in [0.1, 0.15) is 11.6 Å². The van der Waals surface area contributed by atoms with E-state index in [1.54, 1.807) is 0 Å². The topological polar surface area (TPSA) is 43.4 Å². The van der Waals surface area contributed by atoms with E-state index in [-0.39, 0.29) is 5.56 Å². The number of hydrogen-bond acceptors (Lipinski definition) is 3. The lowest BCUT2D eigenvalue weighted by Crippen LogP contribution is -2.28. The lowest BCUT2D eigenvalue weighted by Gasteiger charge is -2.10. The summed E-state index contributed by atoms with van der Waals surface area (Å²) in [5.74, 6) is -1.57. The van der Waals surface area contributed by atoms with E-state index >= 15 is 0 Å². The molecule has 0 radical (unpaired) electrons. The molecule has 1 rings (SSSR count). The fraction of sp³-hybridized carbons (Fsp3) is 0.250. The Bertz CT molecular complexity index is 492. The molecule has 0 saturated carbocycles. The predicted octanol–water partition coefficient (Wildman–Crippen LogP) is 2.36. The van der Waals surface area contributed by atoms with Gasteiger partial charge in [0, 0.05) is 6.07 Å². The molecule has 0 spiro atoms. The van der Waals surface area contributed by atoms with E-state index in [2.05, 4.69) is 4.18 Å². The van der Waals surface area contributed by atoms with Crippen molar-refractivity contribution in [1.82, 2.24) is 0 Å². The van der Waals surface area contributed by atoms with Crippen LogP contribution in [-0.2, 0) is 10.1 Å². The number of aryl methyl sites for hydroxylation is 1. The molecule has 8 heteroatoms. The Balaban J connectivity index is 3.11. The maximum atomic E-state index is 12.7. The van der Waals surface area contributed by atoms with Crippen LogP contribution in [0.5, 0.6) is 5.75 Å². The van der Waals surface area contributed by atoms with Crippen molar-refractivity contribution in [2.24, 2.45) is 0 Å². The molecule has 1 aromatic rings. The van der Waals surface area contributed by atoms with Crippen molar-refractivity contribution in [3.63, 3.8) is 0 Å². The third-order valence-corrected chi connectivity index (χ3v) is 2.60. The monoisotopic (exact) mass is 258 g/mol. The van der Waals surface area contributed by atoms with Crippen molar-refractivity contribution in [2.45, 2.75) is 12.4 Å². The smallest absolute Gasteiger partial charge is 0.376 e. The molecule has 0 amide bonds. The highest BCUT2D eigenvalue weighted by molar-refractivity contribution is 7.88. The van der Waals surface area contributed by atoms with Gasteiger partial charge in [-0.25, -0.2) is 4.39 Å². The molecular weight excluding hydrogens is 252 g/mol. The molecule has 90 valence electrons. The van der Waals surface area contributed by atoms with Crippen molar-refractivity contribution in [1.29, 1.82) is 0 Å². The van der Waals surface area contributed by atoms with Gasteiger partial charge in [0.05, 0.1) is 0 Å². The second-order valence-electron chi connectivity index (χ2n) is 2.89. The SMILES string of the molecule is Cc1ccc(F)cc1OS(=O)(=O)C(F)(F)F. The molecule has 3 nitrogen and oxygen atoms in total. The number of hydrogen-bond donors (Lipinski definition) is 0. The predicted molar refractivity (Wildman–Crippen MR) is 46.7 cm³/mol. The molecule has 1 aromatic carbocycles.